The van der Waals surface area contributed by atoms with E-state index < -0.39 is 22.5 Å². The summed E-state index contributed by atoms with van der Waals surface area (Å²) in [7, 11) is -3.79. The van der Waals surface area contributed by atoms with E-state index in [-0.39, 0.29) is 18.0 Å². The van der Waals surface area contributed by atoms with Crippen LogP contribution in [0.3, 0.4) is 0 Å². The second-order valence-electron chi connectivity index (χ2n) is 3.89. The summed E-state index contributed by atoms with van der Waals surface area (Å²) in [6.07, 6.45) is 0. The largest absolute Gasteiger partial charge is 0.480 e. The van der Waals surface area contributed by atoms with Crippen LogP contribution in [0.25, 0.3) is 0 Å². The molecule has 0 bridgehead atoms. The molecule has 0 unspecified atom stereocenters. The van der Waals surface area contributed by atoms with E-state index in [0.717, 1.165) is 4.31 Å². The molecule has 0 spiro atoms. The van der Waals surface area contributed by atoms with Crippen LogP contribution < -0.4 is 4.31 Å². The quantitative estimate of drug-likeness (QED) is 0.735. The normalized spacial score (nSPS) is 11.3. The van der Waals surface area contributed by atoms with Gasteiger partial charge in [-0.1, -0.05) is 17.7 Å². The molecular formula is C12H16ClNO5S. The van der Waals surface area contributed by atoms with Crippen LogP contribution in [0.2, 0.25) is 5.02 Å². The Morgan fingerprint density at radius 1 is 1.45 bits per heavy atom. The lowest BCUT2D eigenvalue weighted by atomic mass is 10.3. The maximum atomic E-state index is 12.2. The van der Waals surface area contributed by atoms with Crippen molar-refractivity contribution in [3.8, 4) is 0 Å². The molecule has 0 amide bonds. The Kier molecular flexibility index (Phi) is 6.25. The molecule has 1 aromatic rings. The molecule has 0 fully saturated rings. The van der Waals surface area contributed by atoms with Crippen molar-refractivity contribution in [1.29, 1.82) is 0 Å². The van der Waals surface area contributed by atoms with Crippen molar-refractivity contribution in [3.63, 3.8) is 0 Å². The first kappa shape index (κ1) is 16.7. The molecule has 0 atom stereocenters. The van der Waals surface area contributed by atoms with Gasteiger partial charge in [-0.3, -0.25) is 9.10 Å². The van der Waals surface area contributed by atoms with Crippen molar-refractivity contribution in [2.24, 2.45) is 0 Å². The van der Waals surface area contributed by atoms with Gasteiger partial charge in [0.05, 0.1) is 18.0 Å². The molecule has 0 aliphatic rings. The lowest BCUT2D eigenvalue weighted by Gasteiger charge is -2.22. The molecule has 0 saturated carbocycles. The summed E-state index contributed by atoms with van der Waals surface area (Å²) in [4.78, 5) is 10.9. The maximum Gasteiger partial charge on any atom is 0.324 e. The minimum Gasteiger partial charge on any atom is -0.480 e. The van der Waals surface area contributed by atoms with Crippen molar-refractivity contribution in [2.45, 2.75) is 6.92 Å². The van der Waals surface area contributed by atoms with E-state index in [4.69, 9.17) is 21.4 Å². The van der Waals surface area contributed by atoms with E-state index in [2.05, 4.69) is 0 Å². The smallest absolute Gasteiger partial charge is 0.324 e. The minimum absolute atomic E-state index is 0.00944. The maximum absolute atomic E-state index is 12.2. The fourth-order valence-corrected chi connectivity index (χ4v) is 3.00. The number of nitrogens with zero attached hydrogens (tertiary/aromatic N) is 1. The number of anilines is 1. The summed E-state index contributed by atoms with van der Waals surface area (Å²) in [6, 6.07) is 6.04. The standard InChI is InChI=1S/C12H16ClNO5S/c1-2-19-6-7-20(17,18)14(9-12(15)16)11-5-3-4-10(13)8-11/h3-5,8H,2,6-7,9H2,1H3,(H,15,16). The molecule has 1 N–H and O–H groups in total. The number of benzene rings is 1. The van der Waals surface area contributed by atoms with E-state index >= 15 is 0 Å². The van der Waals surface area contributed by atoms with Crippen molar-refractivity contribution in [2.75, 3.05) is 29.8 Å². The van der Waals surface area contributed by atoms with Crippen molar-refractivity contribution in [1.82, 2.24) is 0 Å². The summed E-state index contributed by atoms with van der Waals surface area (Å²) in [5.74, 6) is -1.54. The molecule has 0 aromatic heterocycles. The average Bonchev–Trinajstić information content (AvgIpc) is 2.35. The topological polar surface area (TPSA) is 83.9 Å². The van der Waals surface area contributed by atoms with E-state index in [1.54, 1.807) is 19.1 Å². The van der Waals surface area contributed by atoms with Gasteiger partial charge in [0.2, 0.25) is 10.0 Å². The highest BCUT2D eigenvalue weighted by atomic mass is 35.5. The van der Waals surface area contributed by atoms with Gasteiger partial charge in [0, 0.05) is 11.6 Å². The monoisotopic (exact) mass is 321 g/mol. The number of halogens is 1. The summed E-state index contributed by atoms with van der Waals surface area (Å²) in [5, 5.41) is 9.21. The van der Waals surface area contributed by atoms with Crippen molar-refractivity contribution in [3.05, 3.63) is 29.3 Å². The van der Waals surface area contributed by atoms with E-state index in [1.807, 2.05) is 0 Å². The van der Waals surface area contributed by atoms with Gasteiger partial charge in [0.25, 0.3) is 0 Å². The van der Waals surface area contributed by atoms with Crippen molar-refractivity contribution >= 4 is 33.3 Å². The third kappa shape index (κ3) is 4.99. The summed E-state index contributed by atoms with van der Waals surface area (Å²) in [6.45, 7) is 1.49. The minimum atomic E-state index is -3.79. The van der Waals surface area contributed by atoms with Crippen LogP contribution in [0.1, 0.15) is 6.92 Å². The number of hydrogen-bond acceptors (Lipinski definition) is 4. The predicted octanol–water partition coefficient (Wildman–Crippen LogP) is 1.60. The second kappa shape index (κ2) is 7.47. The zero-order chi connectivity index (χ0) is 15.2. The summed E-state index contributed by atoms with van der Waals surface area (Å²) in [5.41, 5.74) is 0.219. The van der Waals surface area contributed by atoms with Crippen LogP contribution in [0, 0.1) is 0 Å². The summed E-state index contributed by atoms with van der Waals surface area (Å²) < 4.78 is 30.2. The van der Waals surface area contributed by atoms with Gasteiger partial charge >= 0.3 is 5.97 Å². The number of hydrogen-bond donors (Lipinski definition) is 1. The first-order valence-corrected chi connectivity index (χ1v) is 7.91. The lowest BCUT2D eigenvalue weighted by Crippen LogP contribution is -2.38. The van der Waals surface area contributed by atoms with Gasteiger partial charge in [-0.15, -0.1) is 0 Å². The molecule has 1 rings (SSSR count). The number of carbonyl (C=O) groups is 1. The first-order valence-electron chi connectivity index (χ1n) is 5.92. The SMILES string of the molecule is CCOCCS(=O)(=O)N(CC(=O)O)c1cccc(Cl)c1. The Morgan fingerprint density at radius 3 is 2.70 bits per heavy atom. The average molecular weight is 322 g/mol. The number of aliphatic carboxylic acids is 1. The van der Waals surface area contributed by atoms with Crippen LogP contribution in [0.4, 0.5) is 5.69 Å². The Hall–Kier alpha value is -1.31. The zero-order valence-corrected chi connectivity index (χ0v) is 12.5. The van der Waals surface area contributed by atoms with E-state index in [1.165, 1.54) is 12.1 Å². The Balaban J connectivity index is 3.02. The van der Waals surface area contributed by atoms with Crippen LogP contribution in [-0.4, -0.2) is 45.0 Å². The van der Waals surface area contributed by atoms with Gasteiger partial charge in [-0.25, -0.2) is 8.42 Å². The van der Waals surface area contributed by atoms with Crippen LogP contribution in [0.5, 0.6) is 0 Å². The number of carboxylic acids is 1. The van der Waals surface area contributed by atoms with Gasteiger partial charge < -0.3 is 9.84 Å². The number of ether oxygens (including phenoxy) is 1. The Morgan fingerprint density at radius 2 is 2.15 bits per heavy atom. The molecule has 0 aliphatic heterocycles. The first-order chi connectivity index (χ1) is 9.36. The van der Waals surface area contributed by atoms with Gasteiger partial charge in [-0.05, 0) is 25.1 Å². The van der Waals surface area contributed by atoms with Gasteiger partial charge in [0.1, 0.15) is 6.54 Å². The fraction of sp³-hybridized carbons (Fsp3) is 0.417. The number of carboxylic acid groups (broad SMARTS) is 1. The van der Waals surface area contributed by atoms with E-state index in [0.29, 0.717) is 11.6 Å². The van der Waals surface area contributed by atoms with Gasteiger partial charge in [-0.2, -0.15) is 0 Å². The molecule has 0 aliphatic carbocycles. The molecule has 20 heavy (non-hydrogen) atoms. The van der Waals surface area contributed by atoms with Crippen LogP contribution in [0.15, 0.2) is 24.3 Å². The van der Waals surface area contributed by atoms with Crippen LogP contribution >= 0.6 is 11.6 Å². The van der Waals surface area contributed by atoms with Crippen LogP contribution in [-0.2, 0) is 19.6 Å². The second-order valence-corrected chi connectivity index (χ2v) is 6.34. The Bertz CT molecular complexity index is 561. The molecule has 6 nitrogen and oxygen atoms in total. The third-order valence-corrected chi connectivity index (χ3v) is 4.33. The zero-order valence-electron chi connectivity index (χ0n) is 11.0. The van der Waals surface area contributed by atoms with E-state index in [9.17, 15) is 13.2 Å². The Labute approximate surface area is 123 Å². The summed E-state index contributed by atoms with van der Waals surface area (Å²) >= 11 is 5.81. The highest BCUT2D eigenvalue weighted by Crippen LogP contribution is 2.22. The molecule has 1 aromatic carbocycles. The number of rotatable bonds is 8. The molecule has 8 heteroatoms. The fourth-order valence-electron chi connectivity index (χ4n) is 1.52. The molecule has 112 valence electrons. The highest BCUT2D eigenvalue weighted by Gasteiger charge is 2.24. The van der Waals surface area contributed by atoms with Crippen molar-refractivity contribution < 1.29 is 23.1 Å². The highest BCUT2D eigenvalue weighted by molar-refractivity contribution is 7.92. The molecular weight excluding hydrogens is 306 g/mol. The molecule has 0 radical (unpaired) electrons. The number of sulfonamides is 1. The molecule has 0 saturated heterocycles. The molecule has 0 heterocycles. The van der Waals surface area contributed by atoms with Gasteiger partial charge in [0.15, 0.2) is 0 Å². The predicted molar refractivity (Wildman–Crippen MR) is 76.7 cm³/mol. The lowest BCUT2D eigenvalue weighted by molar-refractivity contribution is -0.135. The third-order valence-electron chi connectivity index (χ3n) is 2.40.